The third-order valence-electron chi connectivity index (χ3n) is 6.58. The van der Waals surface area contributed by atoms with Gasteiger partial charge >= 0.3 is 0 Å². The third-order valence-corrected chi connectivity index (χ3v) is 8.72. The molecule has 0 heterocycles. The smallest absolute Gasteiger partial charge is 0.262 e. The number of benzene rings is 2. The van der Waals surface area contributed by atoms with Crippen molar-refractivity contribution in [2.75, 3.05) is 16.6 Å². The molecule has 2 aromatic rings. The van der Waals surface area contributed by atoms with Gasteiger partial charge in [-0.25, -0.2) is 8.42 Å². The molecule has 2 N–H and O–H groups in total. The van der Waals surface area contributed by atoms with E-state index >= 15 is 0 Å². The van der Waals surface area contributed by atoms with Gasteiger partial charge in [0.25, 0.3) is 10.0 Å². The molecule has 172 valence electrons. The number of fused-ring (bicyclic) bond motifs is 2. The maximum absolute atomic E-state index is 13.1. The summed E-state index contributed by atoms with van der Waals surface area (Å²) < 4.78 is 34.9. The predicted molar refractivity (Wildman–Crippen MR) is 129 cm³/mol. The lowest BCUT2D eigenvalue weighted by molar-refractivity contribution is -0.117. The fourth-order valence-electron chi connectivity index (χ4n) is 5.09. The van der Waals surface area contributed by atoms with Crippen LogP contribution in [-0.4, -0.2) is 20.9 Å². The Kier molecular flexibility index (Phi) is 6.81. The molecule has 32 heavy (non-hydrogen) atoms. The van der Waals surface area contributed by atoms with Crippen LogP contribution in [0.25, 0.3) is 0 Å². The Morgan fingerprint density at radius 1 is 1.12 bits per heavy atom. The summed E-state index contributed by atoms with van der Waals surface area (Å²) in [7, 11) is -3.84. The van der Waals surface area contributed by atoms with Crippen LogP contribution in [0, 0.1) is 24.7 Å². The number of amides is 1. The molecule has 3 unspecified atom stereocenters. The normalized spacial score (nSPS) is 22.0. The first-order chi connectivity index (χ1) is 15.2. The van der Waals surface area contributed by atoms with E-state index in [-0.39, 0.29) is 10.8 Å². The average Bonchev–Trinajstić information content (AvgIpc) is 3.34. The summed E-state index contributed by atoms with van der Waals surface area (Å²) in [5, 5.41) is 2.91. The maximum Gasteiger partial charge on any atom is 0.262 e. The van der Waals surface area contributed by atoms with Crippen LogP contribution < -0.4 is 14.8 Å². The van der Waals surface area contributed by atoms with Gasteiger partial charge in [0.2, 0.25) is 5.91 Å². The molecule has 0 saturated heterocycles. The van der Waals surface area contributed by atoms with Gasteiger partial charge in [-0.05, 0) is 103 Å². The molecular formula is C24H29BrN2O4S. The number of hydrogen-bond donors (Lipinski definition) is 2. The number of carbonyl (C=O) groups excluding carboxylic acids is 1. The zero-order chi connectivity index (χ0) is 22.9. The lowest BCUT2D eigenvalue weighted by atomic mass is 9.86. The first-order valence-corrected chi connectivity index (χ1v) is 13.4. The number of aryl methyl sites for hydroxylation is 1. The highest BCUT2D eigenvalue weighted by molar-refractivity contribution is 9.10. The minimum atomic E-state index is -3.84. The lowest BCUT2D eigenvalue weighted by Crippen LogP contribution is -2.21. The van der Waals surface area contributed by atoms with Crippen LogP contribution in [0.5, 0.6) is 5.75 Å². The molecule has 0 aliphatic heterocycles. The predicted octanol–water partition coefficient (Wildman–Crippen LogP) is 5.72. The summed E-state index contributed by atoms with van der Waals surface area (Å²) in [6.45, 7) is 4.14. The molecule has 2 fully saturated rings. The summed E-state index contributed by atoms with van der Waals surface area (Å²) in [5.41, 5.74) is 1.52. The SMILES string of the molecule is CCOc1ccc(NS(=O)(=O)c2cc(NC(=O)CC3CC4CCC3C4)ccc2C)cc1Br. The van der Waals surface area contributed by atoms with E-state index < -0.39 is 10.0 Å². The summed E-state index contributed by atoms with van der Waals surface area (Å²) in [6.07, 6.45) is 5.46. The summed E-state index contributed by atoms with van der Waals surface area (Å²) in [6, 6.07) is 10.0. The fraction of sp³-hybridized carbons (Fsp3) is 0.458. The molecule has 1 amide bonds. The zero-order valence-corrected chi connectivity index (χ0v) is 20.8. The quantitative estimate of drug-likeness (QED) is 0.465. The second-order valence-corrected chi connectivity index (χ2v) is 11.4. The monoisotopic (exact) mass is 520 g/mol. The Labute approximate surface area is 198 Å². The molecule has 3 atom stereocenters. The minimum absolute atomic E-state index is 0.0434. The van der Waals surface area contributed by atoms with E-state index in [9.17, 15) is 13.2 Å². The summed E-state index contributed by atoms with van der Waals surface area (Å²) in [4.78, 5) is 12.8. The number of sulfonamides is 1. The number of hydrogen-bond acceptors (Lipinski definition) is 4. The van der Waals surface area contributed by atoms with Crippen molar-refractivity contribution in [3.63, 3.8) is 0 Å². The van der Waals surface area contributed by atoms with Crippen molar-refractivity contribution >= 4 is 43.2 Å². The number of anilines is 2. The molecule has 0 radical (unpaired) electrons. The van der Waals surface area contributed by atoms with E-state index in [1.807, 2.05) is 6.92 Å². The number of rotatable bonds is 8. The van der Waals surface area contributed by atoms with Gasteiger partial charge in [0.1, 0.15) is 5.75 Å². The highest BCUT2D eigenvalue weighted by Gasteiger charge is 2.40. The molecule has 0 aromatic heterocycles. The topological polar surface area (TPSA) is 84.5 Å². The van der Waals surface area contributed by atoms with Crippen LogP contribution in [0.2, 0.25) is 0 Å². The molecule has 8 heteroatoms. The number of nitrogens with one attached hydrogen (secondary N) is 2. The van der Waals surface area contributed by atoms with Crippen LogP contribution in [0.15, 0.2) is 45.8 Å². The van der Waals surface area contributed by atoms with Gasteiger partial charge < -0.3 is 10.1 Å². The standard InChI is InChI=1S/C24H29BrN2O4S/c1-3-31-22-9-8-20(13-21(22)25)27-32(29,30)23-14-19(7-4-15(23)2)26-24(28)12-18-11-16-5-6-17(18)10-16/h4,7-9,13-14,16-18,27H,3,5-6,10-12H2,1-2H3,(H,26,28). The Bertz CT molecular complexity index is 1120. The van der Waals surface area contributed by atoms with E-state index in [0.29, 0.717) is 52.0 Å². The Morgan fingerprint density at radius 2 is 1.91 bits per heavy atom. The van der Waals surface area contributed by atoms with Crippen molar-refractivity contribution in [2.45, 2.75) is 50.8 Å². The molecule has 2 aliphatic carbocycles. The van der Waals surface area contributed by atoms with Crippen molar-refractivity contribution in [3.05, 3.63) is 46.4 Å². The lowest BCUT2D eigenvalue weighted by Gasteiger charge is -2.21. The largest absolute Gasteiger partial charge is 0.493 e. The second-order valence-electron chi connectivity index (χ2n) is 8.85. The molecule has 2 aromatic carbocycles. The molecule has 0 spiro atoms. The first-order valence-electron chi connectivity index (χ1n) is 11.1. The first kappa shape index (κ1) is 23.1. The molecule has 4 rings (SSSR count). The zero-order valence-electron chi connectivity index (χ0n) is 18.4. The molecule has 6 nitrogen and oxygen atoms in total. The van der Waals surface area contributed by atoms with E-state index in [2.05, 4.69) is 26.0 Å². The van der Waals surface area contributed by atoms with Gasteiger partial charge in [-0.3, -0.25) is 9.52 Å². The highest BCUT2D eigenvalue weighted by Crippen LogP contribution is 2.49. The van der Waals surface area contributed by atoms with Gasteiger partial charge in [0.05, 0.1) is 21.7 Å². The number of carbonyl (C=O) groups is 1. The minimum Gasteiger partial charge on any atom is -0.493 e. The van der Waals surface area contributed by atoms with Crippen molar-refractivity contribution < 1.29 is 17.9 Å². The van der Waals surface area contributed by atoms with Crippen molar-refractivity contribution in [1.82, 2.24) is 0 Å². The van der Waals surface area contributed by atoms with E-state index in [1.165, 1.54) is 25.3 Å². The molecule has 2 bridgehead atoms. The van der Waals surface area contributed by atoms with Crippen LogP contribution in [0.4, 0.5) is 11.4 Å². The van der Waals surface area contributed by atoms with E-state index in [1.54, 1.807) is 37.3 Å². The van der Waals surface area contributed by atoms with Gasteiger partial charge in [-0.1, -0.05) is 12.5 Å². The highest BCUT2D eigenvalue weighted by atomic mass is 79.9. The van der Waals surface area contributed by atoms with Gasteiger partial charge in [0, 0.05) is 12.1 Å². The van der Waals surface area contributed by atoms with Crippen molar-refractivity contribution in [3.8, 4) is 5.75 Å². The van der Waals surface area contributed by atoms with Crippen molar-refractivity contribution in [2.24, 2.45) is 17.8 Å². The Morgan fingerprint density at radius 3 is 2.56 bits per heavy atom. The molecule has 2 saturated carbocycles. The van der Waals surface area contributed by atoms with Crippen LogP contribution in [0.3, 0.4) is 0 Å². The van der Waals surface area contributed by atoms with Crippen LogP contribution in [0.1, 0.15) is 44.6 Å². The molecule has 2 aliphatic rings. The summed E-state index contributed by atoms with van der Waals surface area (Å²) in [5.74, 6) is 2.53. The van der Waals surface area contributed by atoms with E-state index in [4.69, 9.17) is 4.74 Å². The number of ether oxygens (including phenoxy) is 1. The summed E-state index contributed by atoms with van der Waals surface area (Å²) >= 11 is 3.41. The van der Waals surface area contributed by atoms with Crippen LogP contribution in [-0.2, 0) is 14.8 Å². The van der Waals surface area contributed by atoms with E-state index in [0.717, 1.165) is 12.3 Å². The third kappa shape index (κ3) is 5.12. The fourth-order valence-corrected chi connectivity index (χ4v) is 6.91. The number of halogens is 1. The Hall–Kier alpha value is -2.06. The molecular weight excluding hydrogens is 492 g/mol. The van der Waals surface area contributed by atoms with Crippen molar-refractivity contribution in [1.29, 1.82) is 0 Å². The van der Waals surface area contributed by atoms with Gasteiger partial charge in [-0.2, -0.15) is 0 Å². The van der Waals surface area contributed by atoms with Gasteiger partial charge in [0.15, 0.2) is 0 Å². The average molecular weight is 521 g/mol. The van der Waals surface area contributed by atoms with Crippen LogP contribution >= 0.6 is 15.9 Å². The Balaban J connectivity index is 1.46. The second kappa shape index (κ2) is 9.43. The van der Waals surface area contributed by atoms with Gasteiger partial charge in [-0.15, -0.1) is 0 Å². The maximum atomic E-state index is 13.1.